The van der Waals surface area contributed by atoms with Gasteiger partial charge in [-0.05, 0) is 25.9 Å². The van der Waals surface area contributed by atoms with Gasteiger partial charge < -0.3 is 9.64 Å². The van der Waals surface area contributed by atoms with Crippen molar-refractivity contribution < 1.29 is 4.74 Å². The maximum Gasteiger partial charge on any atom is 0.0351 e. The lowest BCUT2D eigenvalue weighted by molar-refractivity contribution is 0.277. The van der Waals surface area contributed by atoms with E-state index in [1.54, 1.807) is 14.2 Å². The van der Waals surface area contributed by atoms with E-state index in [1.165, 1.54) is 19.5 Å². The summed E-state index contributed by atoms with van der Waals surface area (Å²) in [7, 11) is 5.43. The first-order valence-corrected chi connectivity index (χ1v) is 3.79. The average molecular weight is 145 g/mol. The van der Waals surface area contributed by atoms with Gasteiger partial charge in [0.2, 0.25) is 0 Å². The fourth-order valence-corrected chi connectivity index (χ4v) is 1.16. The van der Waals surface area contributed by atoms with Crippen molar-refractivity contribution in [3.63, 3.8) is 0 Å². The number of hydrogen-bond donors (Lipinski definition) is 0. The van der Waals surface area contributed by atoms with E-state index in [0.717, 1.165) is 5.92 Å². The maximum atomic E-state index is 4.25. The predicted molar refractivity (Wildman–Crippen MR) is 44.2 cm³/mol. The summed E-state index contributed by atoms with van der Waals surface area (Å²) < 4.78 is 4.25. The van der Waals surface area contributed by atoms with Gasteiger partial charge in [0, 0.05) is 20.8 Å². The molecule has 1 heterocycles. The first-order valence-electron chi connectivity index (χ1n) is 3.79. The molecule has 1 atom stereocenters. The molecule has 1 aliphatic heterocycles. The van der Waals surface area contributed by atoms with Gasteiger partial charge in [-0.1, -0.05) is 6.92 Å². The summed E-state index contributed by atoms with van der Waals surface area (Å²) in [6.07, 6.45) is 1.40. The normalized spacial score (nSPS) is 25.8. The first kappa shape index (κ1) is 9.92. The zero-order chi connectivity index (χ0) is 7.98. The first-order chi connectivity index (χ1) is 4.70. The minimum Gasteiger partial charge on any atom is -0.388 e. The Morgan fingerprint density at radius 3 is 2.00 bits per heavy atom. The molecule has 0 amide bonds. The molecular weight excluding hydrogens is 126 g/mol. The van der Waals surface area contributed by atoms with Crippen LogP contribution in [0.5, 0.6) is 0 Å². The molecule has 10 heavy (non-hydrogen) atoms. The van der Waals surface area contributed by atoms with Gasteiger partial charge in [-0.3, -0.25) is 0 Å². The molecule has 2 heteroatoms. The van der Waals surface area contributed by atoms with Crippen molar-refractivity contribution in [2.75, 3.05) is 34.4 Å². The molecule has 0 aliphatic carbocycles. The quantitative estimate of drug-likeness (QED) is 0.508. The Bertz CT molecular complexity index is 67.7. The monoisotopic (exact) mass is 145 g/mol. The fourth-order valence-electron chi connectivity index (χ4n) is 1.16. The lowest BCUT2D eigenvalue weighted by atomic mass is 10.2. The molecular formula is C8H19NO. The van der Waals surface area contributed by atoms with Crippen LogP contribution in [0.4, 0.5) is 0 Å². The van der Waals surface area contributed by atoms with Crippen LogP contribution in [0.3, 0.4) is 0 Å². The highest BCUT2D eigenvalue weighted by Gasteiger charge is 2.13. The fraction of sp³-hybridized carbons (Fsp3) is 1.00. The van der Waals surface area contributed by atoms with E-state index >= 15 is 0 Å². The summed E-state index contributed by atoms with van der Waals surface area (Å²) in [6, 6.07) is 0. The highest BCUT2D eigenvalue weighted by atomic mass is 16.4. The Hall–Kier alpha value is -0.0800. The van der Waals surface area contributed by atoms with Crippen molar-refractivity contribution in [1.82, 2.24) is 4.90 Å². The SMILES string of the molecule is CC1CCN(C)C1.COC. The Kier molecular flexibility index (Phi) is 5.64. The van der Waals surface area contributed by atoms with Crippen LogP contribution in [-0.4, -0.2) is 39.3 Å². The molecule has 1 fully saturated rings. The molecule has 0 aromatic carbocycles. The molecule has 0 spiro atoms. The van der Waals surface area contributed by atoms with Crippen LogP contribution in [0.25, 0.3) is 0 Å². The van der Waals surface area contributed by atoms with Crippen molar-refractivity contribution in [3.8, 4) is 0 Å². The number of rotatable bonds is 0. The Balaban J connectivity index is 0.000000236. The van der Waals surface area contributed by atoms with E-state index in [4.69, 9.17) is 0 Å². The number of ether oxygens (including phenoxy) is 1. The van der Waals surface area contributed by atoms with Crippen LogP contribution in [0.15, 0.2) is 0 Å². The Morgan fingerprint density at radius 2 is 1.90 bits per heavy atom. The van der Waals surface area contributed by atoms with Crippen LogP contribution in [0.2, 0.25) is 0 Å². The molecule has 0 saturated carbocycles. The molecule has 0 bridgehead atoms. The predicted octanol–water partition coefficient (Wildman–Crippen LogP) is 1.22. The molecule has 0 aromatic heterocycles. The summed E-state index contributed by atoms with van der Waals surface area (Å²) in [5.41, 5.74) is 0. The van der Waals surface area contributed by atoms with E-state index in [2.05, 4.69) is 23.6 Å². The van der Waals surface area contributed by atoms with Gasteiger partial charge in [-0.25, -0.2) is 0 Å². The van der Waals surface area contributed by atoms with Crippen LogP contribution < -0.4 is 0 Å². The van der Waals surface area contributed by atoms with E-state index in [0.29, 0.717) is 0 Å². The topological polar surface area (TPSA) is 12.5 Å². The smallest absolute Gasteiger partial charge is 0.0351 e. The third-order valence-corrected chi connectivity index (χ3v) is 1.63. The van der Waals surface area contributed by atoms with E-state index in [1.807, 2.05) is 0 Å². The second-order valence-corrected chi connectivity index (χ2v) is 3.06. The second-order valence-electron chi connectivity index (χ2n) is 3.06. The minimum absolute atomic E-state index is 0.949. The van der Waals surface area contributed by atoms with Gasteiger partial charge >= 0.3 is 0 Å². The summed E-state index contributed by atoms with van der Waals surface area (Å²) in [4.78, 5) is 2.38. The molecule has 0 aromatic rings. The van der Waals surface area contributed by atoms with Gasteiger partial charge in [0.15, 0.2) is 0 Å². The Labute approximate surface area is 64.2 Å². The third-order valence-electron chi connectivity index (χ3n) is 1.63. The molecule has 1 unspecified atom stereocenters. The highest BCUT2D eigenvalue weighted by molar-refractivity contribution is 4.67. The lowest BCUT2D eigenvalue weighted by Crippen LogP contribution is -2.12. The molecule has 1 aliphatic rings. The summed E-state index contributed by atoms with van der Waals surface area (Å²) in [6.45, 7) is 4.92. The van der Waals surface area contributed by atoms with Crippen LogP contribution in [-0.2, 0) is 4.74 Å². The number of likely N-dealkylation sites (tertiary alicyclic amines) is 1. The average Bonchev–Trinajstić information content (AvgIpc) is 2.17. The lowest BCUT2D eigenvalue weighted by Gasteiger charge is -2.03. The number of nitrogens with zero attached hydrogens (tertiary/aromatic N) is 1. The van der Waals surface area contributed by atoms with Crippen molar-refractivity contribution in [2.45, 2.75) is 13.3 Å². The molecule has 0 radical (unpaired) electrons. The zero-order valence-corrected chi connectivity index (χ0v) is 7.55. The Morgan fingerprint density at radius 1 is 1.40 bits per heavy atom. The highest BCUT2D eigenvalue weighted by Crippen LogP contribution is 2.11. The largest absolute Gasteiger partial charge is 0.388 e. The molecule has 2 nitrogen and oxygen atoms in total. The van der Waals surface area contributed by atoms with E-state index < -0.39 is 0 Å². The van der Waals surface area contributed by atoms with Gasteiger partial charge in [-0.15, -0.1) is 0 Å². The van der Waals surface area contributed by atoms with Gasteiger partial charge in [0.05, 0.1) is 0 Å². The molecule has 1 rings (SSSR count). The van der Waals surface area contributed by atoms with Gasteiger partial charge in [0.25, 0.3) is 0 Å². The standard InChI is InChI=1S/C6H13N.C2H6O/c1-6-3-4-7(2)5-6;1-3-2/h6H,3-5H2,1-2H3;1-2H3. The van der Waals surface area contributed by atoms with Crippen molar-refractivity contribution in [3.05, 3.63) is 0 Å². The number of methoxy groups -OCH3 is 1. The second kappa shape index (κ2) is 5.69. The van der Waals surface area contributed by atoms with Crippen LogP contribution >= 0.6 is 0 Å². The molecule has 1 saturated heterocycles. The van der Waals surface area contributed by atoms with Crippen molar-refractivity contribution in [1.29, 1.82) is 0 Å². The van der Waals surface area contributed by atoms with Crippen molar-refractivity contribution >= 4 is 0 Å². The van der Waals surface area contributed by atoms with Crippen LogP contribution in [0, 0.1) is 5.92 Å². The van der Waals surface area contributed by atoms with E-state index in [-0.39, 0.29) is 0 Å². The minimum atomic E-state index is 0.949. The van der Waals surface area contributed by atoms with E-state index in [9.17, 15) is 0 Å². The summed E-state index contributed by atoms with van der Waals surface area (Å²) >= 11 is 0. The summed E-state index contributed by atoms with van der Waals surface area (Å²) in [5.74, 6) is 0.949. The molecule has 62 valence electrons. The zero-order valence-electron chi connectivity index (χ0n) is 7.55. The number of hydrogen-bond acceptors (Lipinski definition) is 2. The van der Waals surface area contributed by atoms with Crippen LogP contribution in [0.1, 0.15) is 13.3 Å². The van der Waals surface area contributed by atoms with Gasteiger partial charge in [-0.2, -0.15) is 0 Å². The summed E-state index contributed by atoms with van der Waals surface area (Å²) in [5, 5.41) is 0. The van der Waals surface area contributed by atoms with Crippen molar-refractivity contribution in [2.24, 2.45) is 5.92 Å². The van der Waals surface area contributed by atoms with Gasteiger partial charge in [0.1, 0.15) is 0 Å². The maximum absolute atomic E-state index is 4.25. The molecule has 0 N–H and O–H groups in total. The third kappa shape index (κ3) is 4.77.